The fourth-order valence-corrected chi connectivity index (χ4v) is 3.36. The van der Waals surface area contributed by atoms with Crippen LogP contribution in [0.25, 0.3) is 5.65 Å². The Hall–Kier alpha value is -2.86. The number of quaternary nitrogens is 1. The van der Waals surface area contributed by atoms with Gasteiger partial charge in [0.1, 0.15) is 24.4 Å². The molecule has 0 bridgehead atoms. The molecule has 0 aliphatic heterocycles. The molecular formula is C21H26N3O3+. The third-order valence-electron chi connectivity index (χ3n) is 4.75. The number of ether oxygens (including phenoxy) is 2. The van der Waals surface area contributed by atoms with E-state index in [0.29, 0.717) is 12.2 Å². The Balaban J connectivity index is 1.83. The molecular weight excluding hydrogens is 342 g/mol. The van der Waals surface area contributed by atoms with E-state index in [0.717, 1.165) is 35.0 Å². The van der Waals surface area contributed by atoms with Crippen LogP contribution in [0.1, 0.15) is 22.5 Å². The predicted molar refractivity (Wildman–Crippen MR) is 105 cm³/mol. The van der Waals surface area contributed by atoms with Crippen LogP contribution in [0.2, 0.25) is 0 Å². The van der Waals surface area contributed by atoms with Gasteiger partial charge in [0, 0.05) is 17.3 Å². The fourth-order valence-electron chi connectivity index (χ4n) is 3.36. The molecule has 1 aromatic carbocycles. The summed E-state index contributed by atoms with van der Waals surface area (Å²) in [6.45, 7) is 5.43. The Kier molecular flexibility index (Phi) is 5.46. The van der Waals surface area contributed by atoms with Gasteiger partial charge >= 0.3 is 0 Å². The number of nitrogens with one attached hydrogen (secondary N) is 1. The minimum Gasteiger partial charge on any atom is -0.493 e. The largest absolute Gasteiger partial charge is 0.493 e. The minimum atomic E-state index is -0.0387. The van der Waals surface area contributed by atoms with E-state index in [4.69, 9.17) is 9.47 Å². The second-order valence-electron chi connectivity index (χ2n) is 6.89. The van der Waals surface area contributed by atoms with Gasteiger partial charge in [-0.3, -0.25) is 9.20 Å². The van der Waals surface area contributed by atoms with Crippen LogP contribution < -0.4 is 19.9 Å². The van der Waals surface area contributed by atoms with Crippen molar-refractivity contribution in [3.8, 4) is 11.5 Å². The van der Waals surface area contributed by atoms with Crippen molar-refractivity contribution in [2.24, 2.45) is 0 Å². The van der Waals surface area contributed by atoms with Crippen molar-refractivity contribution in [1.82, 2.24) is 9.38 Å². The van der Waals surface area contributed by atoms with Crippen molar-refractivity contribution in [2.75, 3.05) is 21.3 Å². The summed E-state index contributed by atoms with van der Waals surface area (Å²) in [4.78, 5) is 18.3. The smallest absolute Gasteiger partial charge is 0.258 e. The molecule has 142 valence electrons. The Labute approximate surface area is 159 Å². The van der Waals surface area contributed by atoms with Crippen LogP contribution in [-0.4, -0.2) is 30.7 Å². The lowest BCUT2D eigenvalue weighted by Gasteiger charge is -2.17. The number of hydrogen-bond acceptors (Lipinski definition) is 4. The second kappa shape index (κ2) is 7.80. The van der Waals surface area contributed by atoms with E-state index in [9.17, 15) is 4.79 Å². The van der Waals surface area contributed by atoms with E-state index in [2.05, 4.69) is 19.0 Å². The predicted octanol–water partition coefficient (Wildman–Crippen LogP) is 1.54. The molecule has 0 fully saturated rings. The average Bonchev–Trinajstić information content (AvgIpc) is 2.62. The molecule has 1 N–H and O–H groups in total. The lowest BCUT2D eigenvalue weighted by molar-refractivity contribution is -0.908. The Bertz CT molecular complexity index is 1030. The zero-order chi connectivity index (χ0) is 19.6. The van der Waals surface area contributed by atoms with Crippen LogP contribution in [-0.2, 0) is 13.1 Å². The first-order chi connectivity index (χ1) is 12.9. The molecule has 1 unspecified atom stereocenters. The van der Waals surface area contributed by atoms with Gasteiger partial charge < -0.3 is 14.4 Å². The molecule has 3 rings (SSSR count). The van der Waals surface area contributed by atoms with Crippen molar-refractivity contribution >= 4 is 5.65 Å². The molecule has 2 aromatic heterocycles. The first-order valence-corrected chi connectivity index (χ1v) is 8.94. The minimum absolute atomic E-state index is 0.0387. The van der Waals surface area contributed by atoms with E-state index in [1.54, 1.807) is 24.7 Å². The first-order valence-electron chi connectivity index (χ1n) is 8.94. The van der Waals surface area contributed by atoms with E-state index in [1.165, 1.54) is 10.5 Å². The van der Waals surface area contributed by atoms with Crippen LogP contribution in [0.5, 0.6) is 11.5 Å². The maximum atomic E-state index is 12.5. The van der Waals surface area contributed by atoms with Crippen molar-refractivity contribution in [2.45, 2.75) is 26.9 Å². The van der Waals surface area contributed by atoms with Gasteiger partial charge in [0.25, 0.3) is 5.56 Å². The molecule has 27 heavy (non-hydrogen) atoms. The molecule has 0 saturated heterocycles. The summed E-state index contributed by atoms with van der Waals surface area (Å²) in [5.41, 5.74) is 4.66. The van der Waals surface area contributed by atoms with Gasteiger partial charge in [0.2, 0.25) is 0 Å². The molecule has 0 saturated carbocycles. The number of benzene rings is 1. The van der Waals surface area contributed by atoms with E-state index in [-0.39, 0.29) is 5.56 Å². The molecule has 6 heteroatoms. The molecule has 0 spiro atoms. The van der Waals surface area contributed by atoms with Crippen molar-refractivity contribution in [3.63, 3.8) is 0 Å². The number of pyridine rings is 1. The van der Waals surface area contributed by atoms with E-state index in [1.807, 2.05) is 37.3 Å². The lowest BCUT2D eigenvalue weighted by Crippen LogP contribution is -3.06. The van der Waals surface area contributed by atoms with Crippen LogP contribution in [0.3, 0.4) is 0 Å². The monoisotopic (exact) mass is 368 g/mol. The van der Waals surface area contributed by atoms with Gasteiger partial charge in [-0.05, 0) is 43.7 Å². The highest BCUT2D eigenvalue weighted by Crippen LogP contribution is 2.29. The Morgan fingerprint density at radius 2 is 1.74 bits per heavy atom. The molecule has 6 nitrogen and oxygen atoms in total. The van der Waals surface area contributed by atoms with Crippen molar-refractivity contribution in [1.29, 1.82) is 0 Å². The van der Waals surface area contributed by atoms with Gasteiger partial charge in [-0.15, -0.1) is 0 Å². The summed E-state index contributed by atoms with van der Waals surface area (Å²) in [5, 5.41) is 0. The summed E-state index contributed by atoms with van der Waals surface area (Å²) in [5.74, 6) is 1.46. The number of fused-ring (bicyclic) bond motifs is 1. The maximum Gasteiger partial charge on any atom is 0.258 e. The molecule has 2 heterocycles. The van der Waals surface area contributed by atoms with Crippen LogP contribution in [0, 0.1) is 13.8 Å². The number of aryl methyl sites for hydroxylation is 2. The molecule has 3 aromatic rings. The molecule has 0 radical (unpaired) electrons. The quantitative estimate of drug-likeness (QED) is 0.717. The summed E-state index contributed by atoms with van der Waals surface area (Å²) < 4.78 is 12.4. The second-order valence-corrected chi connectivity index (χ2v) is 6.89. The number of nitrogens with zero attached hydrogens (tertiary/aromatic N) is 2. The van der Waals surface area contributed by atoms with Gasteiger partial charge in [0.05, 0.1) is 21.3 Å². The first kappa shape index (κ1) is 18.9. The SMILES string of the molecule is COc1cc(C)c(C[NH+](C)Cc2cc(=O)n3c(C)cccc3n2)cc1OC. The molecule has 0 aliphatic rings. The van der Waals surface area contributed by atoms with Gasteiger partial charge in [0.15, 0.2) is 11.5 Å². The van der Waals surface area contributed by atoms with Gasteiger partial charge in [-0.2, -0.15) is 0 Å². The third-order valence-corrected chi connectivity index (χ3v) is 4.75. The zero-order valence-electron chi connectivity index (χ0n) is 16.5. The van der Waals surface area contributed by atoms with Crippen molar-refractivity contribution in [3.05, 3.63) is 69.3 Å². The zero-order valence-corrected chi connectivity index (χ0v) is 16.5. The van der Waals surface area contributed by atoms with Crippen LogP contribution in [0.4, 0.5) is 0 Å². The van der Waals surface area contributed by atoms with Crippen LogP contribution >= 0.6 is 0 Å². The van der Waals surface area contributed by atoms with Gasteiger partial charge in [-0.1, -0.05) is 6.07 Å². The fraction of sp³-hybridized carbons (Fsp3) is 0.333. The third kappa shape index (κ3) is 3.95. The molecule has 0 amide bonds. The molecule has 0 aliphatic carbocycles. The Morgan fingerprint density at radius 3 is 2.44 bits per heavy atom. The number of rotatable bonds is 6. The standard InChI is InChI=1S/C21H25N3O3/c1-14-9-18(26-4)19(27-5)10-16(14)12-23(3)13-17-11-21(25)24-15(2)7-6-8-20(24)22-17/h6-11H,12-13H2,1-5H3/p+1. The normalized spacial score (nSPS) is 12.2. The number of methoxy groups -OCH3 is 2. The lowest BCUT2D eigenvalue weighted by atomic mass is 10.1. The average molecular weight is 368 g/mol. The van der Waals surface area contributed by atoms with Crippen LogP contribution in [0.15, 0.2) is 41.2 Å². The topological polar surface area (TPSA) is 57.3 Å². The van der Waals surface area contributed by atoms with E-state index >= 15 is 0 Å². The summed E-state index contributed by atoms with van der Waals surface area (Å²) in [6.07, 6.45) is 0. The maximum absolute atomic E-state index is 12.5. The highest BCUT2D eigenvalue weighted by atomic mass is 16.5. The highest BCUT2D eigenvalue weighted by molar-refractivity contribution is 5.46. The number of hydrogen-bond donors (Lipinski definition) is 1. The van der Waals surface area contributed by atoms with Gasteiger partial charge in [-0.25, -0.2) is 4.98 Å². The highest BCUT2D eigenvalue weighted by Gasteiger charge is 2.14. The van der Waals surface area contributed by atoms with E-state index < -0.39 is 0 Å². The number of aromatic nitrogens is 2. The molecule has 1 atom stereocenters. The summed E-state index contributed by atoms with van der Waals surface area (Å²) in [6, 6.07) is 11.3. The summed E-state index contributed by atoms with van der Waals surface area (Å²) >= 11 is 0. The Morgan fingerprint density at radius 1 is 1.04 bits per heavy atom. The van der Waals surface area contributed by atoms with Crippen molar-refractivity contribution < 1.29 is 14.4 Å². The summed E-state index contributed by atoms with van der Waals surface area (Å²) in [7, 11) is 5.37.